The van der Waals surface area contributed by atoms with Crippen LogP contribution in [0, 0.1) is 5.92 Å². The molecule has 0 aliphatic carbocycles. The largest absolute Gasteiger partial charge is 0.497 e. The van der Waals surface area contributed by atoms with Gasteiger partial charge in [-0.2, -0.15) is 0 Å². The van der Waals surface area contributed by atoms with E-state index >= 15 is 0 Å². The summed E-state index contributed by atoms with van der Waals surface area (Å²) in [4.78, 5) is 72.8. The van der Waals surface area contributed by atoms with Crippen molar-refractivity contribution in [2.75, 3.05) is 20.2 Å². The molecule has 1 unspecified atom stereocenters. The van der Waals surface area contributed by atoms with Crippen LogP contribution >= 0.6 is 0 Å². The fraction of sp³-hybridized carbons (Fsp3) is 0.375. The highest BCUT2D eigenvalue weighted by atomic mass is 16.5. The van der Waals surface area contributed by atoms with Crippen LogP contribution in [0.4, 0.5) is 0 Å². The molecule has 1 aromatic heterocycles. The second kappa shape index (κ2) is 17.5. The summed E-state index contributed by atoms with van der Waals surface area (Å²) in [6, 6.07) is 18.8. The molecule has 12 nitrogen and oxygen atoms in total. The van der Waals surface area contributed by atoms with E-state index in [9.17, 15) is 24.0 Å². The number of aromatic nitrogens is 1. The zero-order valence-electron chi connectivity index (χ0n) is 30.2. The summed E-state index contributed by atoms with van der Waals surface area (Å²) < 4.78 is 5.26. The molecule has 274 valence electrons. The van der Waals surface area contributed by atoms with Crippen molar-refractivity contribution >= 4 is 40.4 Å². The predicted molar refractivity (Wildman–Crippen MR) is 199 cm³/mol. The summed E-state index contributed by atoms with van der Waals surface area (Å²) in [7, 11) is 1.56. The highest BCUT2D eigenvalue weighted by Crippen LogP contribution is 2.19. The second-order valence-electron chi connectivity index (χ2n) is 13.4. The number of nitrogens with zero attached hydrogens (tertiary/aromatic N) is 1. The number of hydrogen-bond acceptors (Lipinski definition) is 6. The standard InChI is InChI=1S/C40H48N6O6/c1-5-25(2)35-39(50)44-34(22-27-10-16-32(52-4)17-11-27)38(49)43-26(3)36(47)42-19-6-7-21-46(24-28-8-12-30(13-9-28)37(48)45-35)40(51)31-15-14-29-18-20-41-33(29)23-31/h8-18,20,23,25-26,34-35,41H,5-7,19,21-22,24H2,1-4H3,(H,42,47)(H,43,49)(H,44,50)(H,45,48)/t25-,26+,34-,35?/m0/s1. The molecule has 0 spiro atoms. The zero-order valence-corrected chi connectivity index (χ0v) is 30.2. The van der Waals surface area contributed by atoms with Crippen LogP contribution in [0.1, 0.15) is 71.9 Å². The molecule has 5 amide bonds. The SMILES string of the molecule is CC[C@H](C)C1NC(=O)c2ccc(cc2)CN(C(=O)c2ccc3cc[nH]c3c2)CCCCNC(=O)[C@@H](C)NC(=O)[C@H](Cc2ccc(OC)cc2)NC1=O. The fourth-order valence-corrected chi connectivity index (χ4v) is 6.16. The van der Waals surface area contributed by atoms with Crippen LogP contribution in [-0.4, -0.2) is 77.7 Å². The van der Waals surface area contributed by atoms with Crippen LogP contribution in [0.2, 0.25) is 0 Å². The number of aromatic amines is 1. The smallest absolute Gasteiger partial charge is 0.254 e. The molecule has 52 heavy (non-hydrogen) atoms. The van der Waals surface area contributed by atoms with Gasteiger partial charge in [0, 0.05) is 48.9 Å². The summed E-state index contributed by atoms with van der Waals surface area (Å²) in [5.74, 6) is -1.60. The van der Waals surface area contributed by atoms with Gasteiger partial charge >= 0.3 is 0 Å². The Morgan fingerprint density at radius 1 is 0.885 bits per heavy atom. The van der Waals surface area contributed by atoms with Gasteiger partial charge in [-0.3, -0.25) is 24.0 Å². The monoisotopic (exact) mass is 708 g/mol. The summed E-state index contributed by atoms with van der Waals surface area (Å²) in [6.45, 7) is 6.46. The van der Waals surface area contributed by atoms with Gasteiger partial charge in [-0.15, -0.1) is 0 Å². The van der Waals surface area contributed by atoms with E-state index in [2.05, 4.69) is 26.3 Å². The highest BCUT2D eigenvalue weighted by molar-refractivity contribution is 5.99. The van der Waals surface area contributed by atoms with E-state index in [1.54, 1.807) is 67.5 Å². The van der Waals surface area contributed by atoms with Crippen molar-refractivity contribution in [3.63, 3.8) is 0 Å². The maximum Gasteiger partial charge on any atom is 0.254 e. The molecular weight excluding hydrogens is 660 g/mol. The lowest BCUT2D eigenvalue weighted by Crippen LogP contribution is -2.58. The molecule has 5 N–H and O–H groups in total. The van der Waals surface area contributed by atoms with Gasteiger partial charge in [0.05, 0.1) is 7.11 Å². The average molecular weight is 709 g/mol. The van der Waals surface area contributed by atoms with Crippen LogP contribution in [0.25, 0.3) is 10.9 Å². The van der Waals surface area contributed by atoms with Crippen LogP contribution in [-0.2, 0) is 27.3 Å². The number of benzene rings is 3. The number of hydrogen-bond donors (Lipinski definition) is 5. The average Bonchev–Trinajstić information content (AvgIpc) is 3.63. The Balaban J connectivity index is 1.40. The van der Waals surface area contributed by atoms with E-state index < -0.39 is 35.8 Å². The van der Waals surface area contributed by atoms with E-state index in [-0.39, 0.29) is 24.2 Å². The van der Waals surface area contributed by atoms with Crippen LogP contribution in [0.15, 0.2) is 79.0 Å². The van der Waals surface area contributed by atoms with Crippen molar-refractivity contribution in [3.05, 3.63) is 101 Å². The molecule has 6 rings (SSSR count). The highest BCUT2D eigenvalue weighted by Gasteiger charge is 2.31. The first-order valence-corrected chi connectivity index (χ1v) is 17.8. The van der Waals surface area contributed by atoms with E-state index in [0.717, 1.165) is 22.0 Å². The fourth-order valence-electron chi connectivity index (χ4n) is 6.16. The maximum atomic E-state index is 13.9. The number of H-pyrrole nitrogens is 1. The van der Waals surface area contributed by atoms with Gasteiger partial charge in [0.15, 0.2) is 0 Å². The second-order valence-corrected chi connectivity index (χ2v) is 13.4. The molecule has 0 saturated carbocycles. The van der Waals surface area contributed by atoms with Gasteiger partial charge in [0.1, 0.15) is 23.9 Å². The Hall–Kier alpha value is -5.65. The van der Waals surface area contributed by atoms with E-state index in [1.165, 1.54) is 0 Å². The molecule has 0 fully saturated rings. The van der Waals surface area contributed by atoms with Gasteiger partial charge in [0.25, 0.3) is 11.8 Å². The molecule has 12 heteroatoms. The molecule has 0 radical (unpaired) electrons. The summed E-state index contributed by atoms with van der Waals surface area (Å²) >= 11 is 0. The number of amides is 5. The molecule has 3 aromatic carbocycles. The van der Waals surface area contributed by atoms with Crippen LogP contribution in [0.3, 0.4) is 0 Å². The topological polar surface area (TPSA) is 162 Å². The van der Waals surface area contributed by atoms with Gasteiger partial charge in [-0.25, -0.2) is 0 Å². The summed E-state index contributed by atoms with van der Waals surface area (Å²) in [5.41, 5.74) is 3.38. The van der Waals surface area contributed by atoms with Crippen molar-refractivity contribution in [3.8, 4) is 5.75 Å². The number of methoxy groups -OCH3 is 1. The third-order valence-corrected chi connectivity index (χ3v) is 9.60. The third-order valence-electron chi connectivity index (χ3n) is 9.60. The lowest BCUT2D eigenvalue weighted by atomic mass is 9.96. The van der Waals surface area contributed by atoms with E-state index in [1.807, 2.05) is 44.3 Å². The Labute approximate surface area is 304 Å². The molecule has 0 saturated heterocycles. The van der Waals surface area contributed by atoms with Gasteiger partial charge in [-0.1, -0.05) is 50.6 Å². The van der Waals surface area contributed by atoms with E-state index in [0.29, 0.717) is 55.8 Å². The minimum Gasteiger partial charge on any atom is -0.497 e. The molecule has 2 aliphatic heterocycles. The van der Waals surface area contributed by atoms with Crippen molar-refractivity contribution in [1.82, 2.24) is 31.2 Å². The van der Waals surface area contributed by atoms with Crippen molar-refractivity contribution < 1.29 is 28.7 Å². The lowest BCUT2D eigenvalue weighted by Gasteiger charge is -2.27. The predicted octanol–water partition coefficient (Wildman–Crippen LogP) is 4.11. The molecular formula is C40H48N6O6. The Morgan fingerprint density at radius 2 is 1.63 bits per heavy atom. The summed E-state index contributed by atoms with van der Waals surface area (Å²) in [6.07, 6.45) is 3.78. The number of carbonyl (C=O) groups is 5. The quantitative estimate of drug-likeness (QED) is 0.190. The van der Waals surface area contributed by atoms with Crippen LogP contribution < -0.4 is 26.0 Å². The van der Waals surface area contributed by atoms with Gasteiger partial charge in [-0.05, 0) is 84.7 Å². The zero-order chi connectivity index (χ0) is 37.2. The van der Waals surface area contributed by atoms with Crippen molar-refractivity contribution in [2.24, 2.45) is 5.92 Å². The maximum absolute atomic E-state index is 13.9. The van der Waals surface area contributed by atoms with E-state index in [4.69, 9.17) is 4.74 Å². The minimum atomic E-state index is -1.03. The molecule has 4 aromatic rings. The normalized spacial score (nSPS) is 20.2. The first-order valence-electron chi connectivity index (χ1n) is 17.8. The van der Waals surface area contributed by atoms with Crippen molar-refractivity contribution in [2.45, 2.75) is 71.1 Å². The van der Waals surface area contributed by atoms with Gasteiger partial charge in [0.2, 0.25) is 17.7 Å². The third kappa shape index (κ3) is 9.56. The number of rotatable bonds is 6. The summed E-state index contributed by atoms with van der Waals surface area (Å²) in [5, 5.41) is 12.4. The lowest BCUT2D eigenvalue weighted by molar-refractivity contribution is -0.132. The van der Waals surface area contributed by atoms with Gasteiger partial charge < -0.3 is 35.9 Å². The molecule has 4 atom stereocenters. The minimum absolute atomic E-state index is 0.135. The molecule has 2 aliphatic rings. The number of fused-ring (bicyclic) bond motifs is 19. The number of nitrogens with one attached hydrogen (secondary N) is 5. The number of ether oxygens (including phenoxy) is 1. The first kappa shape index (κ1) is 37.6. The van der Waals surface area contributed by atoms with Crippen molar-refractivity contribution in [1.29, 1.82) is 0 Å². The first-order chi connectivity index (χ1) is 25.1. The van der Waals surface area contributed by atoms with Crippen LogP contribution in [0.5, 0.6) is 5.75 Å². The Bertz CT molecular complexity index is 1870. The molecule has 3 heterocycles. The Kier molecular flexibility index (Phi) is 12.7. The Morgan fingerprint density at radius 3 is 2.35 bits per heavy atom. The number of carbonyl (C=O) groups excluding carboxylic acids is 5. The molecule has 2 bridgehead atoms.